The molecule has 1 saturated carbocycles. The van der Waals surface area contributed by atoms with Crippen molar-refractivity contribution in [2.24, 2.45) is 16.7 Å². The van der Waals surface area contributed by atoms with Crippen LogP contribution in [0.1, 0.15) is 101 Å². The number of nitrogens with one attached hydrogen (secondary N) is 2. The Morgan fingerprint density at radius 1 is 0.893 bits per heavy atom. The van der Waals surface area contributed by atoms with E-state index < -0.39 is 0 Å². The van der Waals surface area contributed by atoms with E-state index in [9.17, 15) is 9.59 Å². The molecule has 0 unspecified atom stereocenters. The molecule has 0 aliphatic heterocycles. The van der Waals surface area contributed by atoms with Crippen LogP contribution in [0.4, 0.5) is 0 Å². The molecule has 0 amide bonds. The standard InChI is InChI=1S/C24H46N2O2/c1-17(2)26-19-12-10-18(11-13-19)21(28)23(6,7)14-15-24(8,9)25-16-20(27)22(3,4)5/h17-19,25-26H,10-16H2,1-9H3. The lowest BCUT2D eigenvalue weighted by molar-refractivity contribution is -0.133. The van der Waals surface area contributed by atoms with Gasteiger partial charge in [-0.15, -0.1) is 0 Å². The average Bonchev–Trinajstić information content (AvgIpc) is 2.57. The normalized spacial score (nSPS) is 21.8. The summed E-state index contributed by atoms with van der Waals surface area (Å²) < 4.78 is 0. The highest BCUT2D eigenvalue weighted by Crippen LogP contribution is 2.35. The smallest absolute Gasteiger partial charge is 0.151 e. The molecule has 4 heteroatoms. The van der Waals surface area contributed by atoms with Gasteiger partial charge in [-0.3, -0.25) is 9.59 Å². The SMILES string of the molecule is CC(C)NC1CCC(C(=O)C(C)(C)CCC(C)(C)NCC(=O)C(C)(C)C)CC1. The molecule has 1 aliphatic rings. The fourth-order valence-electron chi connectivity index (χ4n) is 3.97. The number of carbonyl (C=O) groups is 2. The van der Waals surface area contributed by atoms with Crippen LogP contribution >= 0.6 is 0 Å². The minimum atomic E-state index is -0.318. The molecule has 0 aromatic rings. The van der Waals surface area contributed by atoms with E-state index in [-0.39, 0.29) is 28.1 Å². The summed E-state index contributed by atoms with van der Waals surface area (Å²) in [7, 11) is 0. The third kappa shape index (κ3) is 8.32. The third-order valence-corrected chi connectivity index (χ3v) is 6.27. The quantitative estimate of drug-likeness (QED) is 0.553. The molecule has 0 aromatic carbocycles. The monoisotopic (exact) mass is 394 g/mol. The van der Waals surface area contributed by atoms with Gasteiger partial charge in [0.1, 0.15) is 5.78 Å². The van der Waals surface area contributed by atoms with Crippen molar-refractivity contribution in [2.45, 2.75) is 118 Å². The van der Waals surface area contributed by atoms with E-state index in [1.807, 2.05) is 20.8 Å². The van der Waals surface area contributed by atoms with Gasteiger partial charge in [0.05, 0.1) is 6.54 Å². The highest BCUT2D eigenvalue weighted by Gasteiger charge is 2.37. The first-order valence-electron chi connectivity index (χ1n) is 11.2. The first kappa shape index (κ1) is 25.3. The van der Waals surface area contributed by atoms with E-state index in [0.29, 0.717) is 24.4 Å². The van der Waals surface area contributed by atoms with Gasteiger partial charge in [-0.05, 0) is 52.4 Å². The molecule has 0 saturated heterocycles. The topological polar surface area (TPSA) is 58.2 Å². The van der Waals surface area contributed by atoms with Crippen molar-refractivity contribution in [3.8, 4) is 0 Å². The molecular formula is C24H46N2O2. The minimum Gasteiger partial charge on any atom is -0.312 e. The Balaban J connectivity index is 2.51. The molecular weight excluding hydrogens is 348 g/mol. The van der Waals surface area contributed by atoms with Gasteiger partial charge < -0.3 is 10.6 Å². The molecule has 2 N–H and O–H groups in total. The van der Waals surface area contributed by atoms with Gasteiger partial charge in [0, 0.05) is 34.4 Å². The van der Waals surface area contributed by atoms with Gasteiger partial charge in [0.15, 0.2) is 5.78 Å². The zero-order valence-electron chi connectivity index (χ0n) is 20.0. The maximum Gasteiger partial charge on any atom is 0.151 e. The highest BCUT2D eigenvalue weighted by molar-refractivity contribution is 5.86. The van der Waals surface area contributed by atoms with Crippen LogP contribution in [0.3, 0.4) is 0 Å². The third-order valence-electron chi connectivity index (χ3n) is 6.27. The lowest BCUT2D eigenvalue weighted by atomic mass is 9.71. The summed E-state index contributed by atoms with van der Waals surface area (Å²) in [6.07, 6.45) is 5.95. The van der Waals surface area contributed by atoms with E-state index >= 15 is 0 Å². The Hall–Kier alpha value is -0.740. The zero-order chi connectivity index (χ0) is 21.8. The van der Waals surface area contributed by atoms with E-state index in [1.54, 1.807) is 0 Å². The number of hydrogen-bond acceptors (Lipinski definition) is 4. The second-order valence-electron chi connectivity index (χ2n) is 11.5. The van der Waals surface area contributed by atoms with Crippen LogP contribution in [-0.2, 0) is 9.59 Å². The predicted molar refractivity (Wildman–Crippen MR) is 119 cm³/mol. The summed E-state index contributed by atoms with van der Waals surface area (Å²) in [5, 5.41) is 7.02. The zero-order valence-corrected chi connectivity index (χ0v) is 20.0. The van der Waals surface area contributed by atoms with E-state index in [1.165, 1.54) is 0 Å². The second-order valence-corrected chi connectivity index (χ2v) is 11.5. The van der Waals surface area contributed by atoms with Gasteiger partial charge in [-0.1, -0.05) is 48.5 Å². The number of ketones is 2. The van der Waals surface area contributed by atoms with E-state index in [4.69, 9.17) is 0 Å². The van der Waals surface area contributed by atoms with Gasteiger partial charge >= 0.3 is 0 Å². The molecule has 0 spiro atoms. The lowest BCUT2D eigenvalue weighted by Crippen LogP contribution is -2.46. The molecule has 1 fully saturated rings. The van der Waals surface area contributed by atoms with Crippen molar-refractivity contribution < 1.29 is 9.59 Å². The minimum absolute atomic E-state index is 0.155. The number of hydrogen-bond donors (Lipinski definition) is 2. The highest BCUT2D eigenvalue weighted by atomic mass is 16.1. The fraction of sp³-hybridized carbons (Fsp3) is 0.917. The van der Waals surface area contributed by atoms with Crippen molar-refractivity contribution >= 4 is 11.6 Å². The molecule has 0 bridgehead atoms. The molecule has 0 aromatic heterocycles. The van der Waals surface area contributed by atoms with Crippen LogP contribution in [0, 0.1) is 16.7 Å². The maximum atomic E-state index is 13.2. The van der Waals surface area contributed by atoms with Gasteiger partial charge in [-0.2, -0.15) is 0 Å². The first-order chi connectivity index (χ1) is 12.6. The Bertz CT molecular complexity index is 521. The molecule has 0 radical (unpaired) electrons. The number of carbonyl (C=O) groups excluding carboxylic acids is 2. The summed E-state index contributed by atoms with van der Waals surface area (Å²) in [6, 6.07) is 1.07. The average molecular weight is 395 g/mol. The van der Waals surface area contributed by atoms with Crippen LogP contribution < -0.4 is 10.6 Å². The summed E-state index contributed by atoms with van der Waals surface area (Å²) >= 11 is 0. The Labute approximate surface area is 174 Å². The Morgan fingerprint density at radius 2 is 1.43 bits per heavy atom. The fourth-order valence-corrected chi connectivity index (χ4v) is 3.97. The molecule has 1 rings (SSSR count). The van der Waals surface area contributed by atoms with Crippen molar-refractivity contribution in [3.63, 3.8) is 0 Å². The molecule has 0 atom stereocenters. The number of rotatable bonds is 10. The Morgan fingerprint density at radius 3 is 1.89 bits per heavy atom. The number of Topliss-reactive ketones (excluding diaryl/α,β-unsaturated/α-hetero) is 2. The van der Waals surface area contributed by atoms with Crippen LogP contribution in [0.25, 0.3) is 0 Å². The molecule has 0 heterocycles. The second kappa shape index (κ2) is 9.84. The summed E-state index contributed by atoms with van der Waals surface area (Å²) in [4.78, 5) is 25.4. The Kier molecular flexibility index (Phi) is 8.89. The summed E-state index contributed by atoms with van der Waals surface area (Å²) in [6.45, 7) is 19.1. The van der Waals surface area contributed by atoms with Crippen molar-refractivity contribution in [3.05, 3.63) is 0 Å². The van der Waals surface area contributed by atoms with E-state index in [0.717, 1.165) is 38.5 Å². The van der Waals surface area contributed by atoms with Crippen molar-refractivity contribution in [1.29, 1.82) is 0 Å². The van der Waals surface area contributed by atoms with Gasteiger partial charge in [0.25, 0.3) is 0 Å². The van der Waals surface area contributed by atoms with Crippen molar-refractivity contribution in [2.75, 3.05) is 6.54 Å². The van der Waals surface area contributed by atoms with Crippen LogP contribution in [0.5, 0.6) is 0 Å². The van der Waals surface area contributed by atoms with Crippen LogP contribution in [0.15, 0.2) is 0 Å². The van der Waals surface area contributed by atoms with Gasteiger partial charge in [-0.25, -0.2) is 0 Å². The van der Waals surface area contributed by atoms with E-state index in [2.05, 4.69) is 52.2 Å². The van der Waals surface area contributed by atoms with Crippen LogP contribution in [0.2, 0.25) is 0 Å². The van der Waals surface area contributed by atoms with Gasteiger partial charge in [0.2, 0.25) is 0 Å². The maximum absolute atomic E-state index is 13.2. The van der Waals surface area contributed by atoms with Crippen molar-refractivity contribution in [1.82, 2.24) is 10.6 Å². The molecule has 4 nitrogen and oxygen atoms in total. The molecule has 164 valence electrons. The van der Waals surface area contributed by atoms with Crippen LogP contribution in [-0.4, -0.2) is 35.7 Å². The predicted octanol–water partition coefficient (Wildman–Crippen LogP) is 4.90. The summed E-state index contributed by atoms with van der Waals surface area (Å²) in [5.74, 6) is 0.860. The molecule has 1 aliphatic carbocycles. The molecule has 28 heavy (non-hydrogen) atoms. The lowest BCUT2D eigenvalue weighted by Gasteiger charge is -2.36. The first-order valence-corrected chi connectivity index (χ1v) is 11.2. The largest absolute Gasteiger partial charge is 0.312 e. The summed E-state index contributed by atoms with van der Waals surface area (Å²) in [5.41, 5.74) is -0.783.